The molecule has 0 aliphatic heterocycles. The maximum atomic E-state index is 6.77. The summed E-state index contributed by atoms with van der Waals surface area (Å²) in [5, 5.41) is 0. The van der Waals surface area contributed by atoms with E-state index in [-0.39, 0.29) is 0 Å². The highest BCUT2D eigenvalue weighted by Gasteiger charge is 1.79. The van der Waals surface area contributed by atoms with E-state index in [9.17, 15) is 0 Å². The molecular formula is C10H5-. The second kappa shape index (κ2) is 2.76. The van der Waals surface area contributed by atoms with E-state index in [1.165, 1.54) is 0 Å². The van der Waals surface area contributed by atoms with Gasteiger partial charge in [0.25, 0.3) is 0 Å². The topological polar surface area (TPSA) is 0 Å². The quantitative estimate of drug-likeness (QED) is 0.365. The molecule has 0 saturated carbocycles. The summed E-state index contributed by atoms with van der Waals surface area (Å²) >= 11 is 0. The van der Waals surface area contributed by atoms with Crippen molar-refractivity contribution in [3.05, 3.63) is 41.8 Å². The van der Waals surface area contributed by atoms with Crippen molar-refractivity contribution in [3.63, 3.8) is 0 Å². The van der Waals surface area contributed by atoms with Gasteiger partial charge < -0.3 is 6.42 Å². The molecule has 0 aromatic heterocycles. The highest BCUT2D eigenvalue weighted by molar-refractivity contribution is 5.38. The van der Waals surface area contributed by atoms with Crippen LogP contribution in [0.1, 0.15) is 11.1 Å². The van der Waals surface area contributed by atoms with Crippen LogP contribution in [0.4, 0.5) is 0 Å². The van der Waals surface area contributed by atoms with E-state index in [1.807, 2.05) is 0 Å². The first-order chi connectivity index (χ1) is 4.86. The Hall–Kier alpha value is -1.66. The van der Waals surface area contributed by atoms with Crippen LogP contribution in [0.5, 0.6) is 0 Å². The molecule has 46 valence electrons. The number of hydrogen-bond acceptors (Lipinski definition) is 0. The second-order valence-corrected chi connectivity index (χ2v) is 1.85. The standard InChI is InChI=1S/C10H5/c1-3-9-5-7-10(4-2)8-6-9/h1,5-8H/q-1. The number of benzene rings is 1. The molecule has 0 unspecified atom stereocenters. The summed E-state index contributed by atoms with van der Waals surface area (Å²) in [6.07, 6.45) is 11.9. The molecule has 1 rings (SSSR count). The van der Waals surface area contributed by atoms with Crippen LogP contribution in [0.25, 0.3) is 0 Å². The Morgan fingerprint density at radius 3 is 2.00 bits per heavy atom. The summed E-state index contributed by atoms with van der Waals surface area (Å²) in [6.45, 7) is 0. The van der Waals surface area contributed by atoms with Gasteiger partial charge in [-0.3, -0.25) is 5.92 Å². The molecule has 0 aliphatic carbocycles. The number of terminal acetylenes is 1. The lowest BCUT2D eigenvalue weighted by molar-refractivity contribution is 1.60. The summed E-state index contributed by atoms with van der Waals surface area (Å²) < 4.78 is 0. The van der Waals surface area contributed by atoms with Crippen molar-refractivity contribution in [2.45, 2.75) is 0 Å². The van der Waals surface area contributed by atoms with Gasteiger partial charge in [-0.2, -0.15) is 0 Å². The third kappa shape index (κ3) is 1.19. The molecule has 0 aliphatic rings. The predicted octanol–water partition coefficient (Wildman–Crippen LogP) is 1.61. The molecule has 0 amide bonds. The molecule has 0 saturated heterocycles. The van der Waals surface area contributed by atoms with Crippen LogP contribution in [0.15, 0.2) is 24.3 Å². The minimum Gasteiger partial charge on any atom is -0.366 e. The summed E-state index contributed by atoms with van der Waals surface area (Å²) in [5.41, 5.74) is 1.58. The van der Waals surface area contributed by atoms with Crippen molar-refractivity contribution in [2.75, 3.05) is 0 Å². The van der Waals surface area contributed by atoms with Gasteiger partial charge >= 0.3 is 0 Å². The molecule has 0 nitrogen and oxygen atoms in total. The van der Waals surface area contributed by atoms with Crippen LogP contribution in [0.3, 0.4) is 0 Å². The fourth-order valence-corrected chi connectivity index (χ4v) is 0.650. The Bertz CT molecular complexity index is 257. The minimum atomic E-state index is 0.749. The van der Waals surface area contributed by atoms with Crippen molar-refractivity contribution in [3.8, 4) is 18.3 Å². The molecule has 10 heavy (non-hydrogen) atoms. The molecular weight excluding hydrogens is 120 g/mol. The highest BCUT2D eigenvalue weighted by Crippen LogP contribution is 2.00. The molecule has 0 N–H and O–H groups in total. The maximum Gasteiger partial charge on any atom is 0.0213 e. The zero-order valence-corrected chi connectivity index (χ0v) is 5.39. The van der Waals surface area contributed by atoms with Crippen molar-refractivity contribution < 1.29 is 0 Å². The van der Waals surface area contributed by atoms with Crippen molar-refractivity contribution in [1.82, 2.24) is 0 Å². The molecule has 0 heterocycles. The van der Waals surface area contributed by atoms with Crippen LogP contribution < -0.4 is 0 Å². The summed E-state index contributed by atoms with van der Waals surface area (Å²) in [6, 6.07) is 7.11. The first kappa shape index (κ1) is 6.46. The van der Waals surface area contributed by atoms with E-state index >= 15 is 0 Å². The largest absolute Gasteiger partial charge is 0.366 e. The molecule has 0 spiro atoms. The zero-order chi connectivity index (χ0) is 7.40. The Kier molecular flexibility index (Phi) is 1.78. The van der Waals surface area contributed by atoms with Crippen LogP contribution in [-0.4, -0.2) is 0 Å². The van der Waals surface area contributed by atoms with E-state index in [0.29, 0.717) is 0 Å². The highest BCUT2D eigenvalue weighted by atomic mass is 13.9. The summed E-state index contributed by atoms with van der Waals surface area (Å²) in [5.74, 6) is 4.75. The van der Waals surface area contributed by atoms with Crippen molar-refractivity contribution >= 4 is 0 Å². The van der Waals surface area contributed by atoms with Gasteiger partial charge in [-0.05, 0) is 0 Å². The Balaban J connectivity index is 3.08. The first-order valence-electron chi connectivity index (χ1n) is 2.86. The molecule has 1 aromatic rings. The van der Waals surface area contributed by atoms with E-state index < -0.39 is 0 Å². The van der Waals surface area contributed by atoms with Gasteiger partial charge in [-0.15, -0.1) is 24.1 Å². The third-order valence-corrected chi connectivity index (χ3v) is 1.20. The van der Waals surface area contributed by atoms with E-state index in [1.54, 1.807) is 24.3 Å². The van der Waals surface area contributed by atoms with E-state index in [0.717, 1.165) is 11.1 Å². The van der Waals surface area contributed by atoms with Crippen LogP contribution in [0, 0.1) is 24.7 Å². The maximum absolute atomic E-state index is 6.77. The number of hydrogen-bond donors (Lipinski definition) is 0. The third-order valence-electron chi connectivity index (χ3n) is 1.20. The second-order valence-electron chi connectivity index (χ2n) is 1.85. The normalized spacial score (nSPS) is 7.80. The van der Waals surface area contributed by atoms with Gasteiger partial charge in [-0.25, -0.2) is 0 Å². The van der Waals surface area contributed by atoms with Gasteiger partial charge in [0.2, 0.25) is 0 Å². The Labute approximate surface area is 60.9 Å². The van der Waals surface area contributed by atoms with Gasteiger partial charge in [0.1, 0.15) is 0 Å². The van der Waals surface area contributed by atoms with Gasteiger partial charge in [0.15, 0.2) is 0 Å². The first-order valence-corrected chi connectivity index (χ1v) is 2.86. The molecule has 1 aromatic carbocycles. The average Bonchev–Trinajstić information content (AvgIpc) is 2.05. The monoisotopic (exact) mass is 125 g/mol. The zero-order valence-electron chi connectivity index (χ0n) is 5.39. The Morgan fingerprint density at radius 2 is 1.60 bits per heavy atom. The molecule has 0 heteroatoms. The van der Waals surface area contributed by atoms with Crippen molar-refractivity contribution in [1.29, 1.82) is 0 Å². The lowest BCUT2D eigenvalue weighted by Crippen LogP contribution is -1.74. The van der Waals surface area contributed by atoms with Crippen LogP contribution >= 0.6 is 0 Å². The lowest BCUT2D eigenvalue weighted by Gasteiger charge is -1.97. The van der Waals surface area contributed by atoms with Crippen molar-refractivity contribution in [2.24, 2.45) is 0 Å². The molecule has 0 radical (unpaired) electrons. The minimum absolute atomic E-state index is 0.749. The summed E-state index contributed by atoms with van der Waals surface area (Å²) in [7, 11) is 0. The van der Waals surface area contributed by atoms with Gasteiger partial charge in [-0.1, -0.05) is 18.1 Å². The lowest BCUT2D eigenvalue weighted by atomic mass is 10.1. The van der Waals surface area contributed by atoms with E-state index in [4.69, 9.17) is 12.8 Å². The van der Waals surface area contributed by atoms with Crippen LogP contribution in [-0.2, 0) is 0 Å². The molecule has 0 atom stereocenters. The van der Waals surface area contributed by atoms with Crippen LogP contribution in [0.2, 0.25) is 0 Å². The van der Waals surface area contributed by atoms with Gasteiger partial charge in [0, 0.05) is 5.56 Å². The predicted molar refractivity (Wildman–Crippen MR) is 40.6 cm³/mol. The SMILES string of the molecule is [C-]#Cc1ccc(C#C)cc1. The smallest absolute Gasteiger partial charge is 0.0213 e. The average molecular weight is 125 g/mol. The fourth-order valence-electron chi connectivity index (χ4n) is 0.650. The van der Waals surface area contributed by atoms with E-state index in [2.05, 4.69) is 11.8 Å². The van der Waals surface area contributed by atoms with Gasteiger partial charge in [0.05, 0.1) is 0 Å². The number of rotatable bonds is 0. The molecule has 0 fully saturated rings. The molecule has 0 bridgehead atoms. The summed E-state index contributed by atoms with van der Waals surface area (Å²) in [4.78, 5) is 0. The Morgan fingerprint density at radius 1 is 1.10 bits per heavy atom. The fraction of sp³-hybridized carbons (Fsp3) is 0.